The Labute approximate surface area is 171 Å². The summed E-state index contributed by atoms with van der Waals surface area (Å²) in [7, 11) is 1.59. The van der Waals surface area contributed by atoms with Crippen molar-refractivity contribution in [1.82, 2.24) is 4.90 Å². The van der Waals surface area contributed by atoms with E-state index < -0.39 is 0 Å². The molecule has 5 nitrogen and oxygen atoms in total. The minimum absolute atomic E-state index is 0.250. The molecular weight excluding hydrogens is 364 g/mol. The number of carbonyl (C=O) groups is 2. The lowest BCUT2D eigenvalue weighted by Gasteiger charge is -2.37. The van der Waals surface area contributed by atoms with Crippen molar-refractivity contribution in [2.45, 2.75) is 20.3 Å². The number of likely N-dealkylation sites (tertiary alicyclic amines) is 1. The molecule has 2 aliphatic heterocycles. The highest BCUT2D eigenvalue weighted by Gasteiger charge is 2.43. The lowest BCUT2D eigenvalue weighted by atomic mass is 9.91. The van der Waals surface area contributed by atoms with Gasteiger partial charge in [0, 0.05) is 13.1 Å². The van der Waals surface area contributed by atoms with Gasteiger partial charge in [-0.2, -0.15) is 0 Å². The molecule has 0 radical (unpaired) electrons. The molecule has 0 spiro atoms. The van der Waals surface area contributed by atoms with E-state index in [1.54, 1.807) is 31.4 Å². The van der Waals surface area contributed by atoms with Crippen LogP contribution in [0.5, 0.6) is 5.75 Å². The van der Waals surface area contributed by atoms with Crippen LogP contribution in [0.2, 0.25) is 0 Å². The molecule has 4 rings (SSSR count). The molecule has 29 heavy (non-hydrogen) atoms. The third-order valence-corrected chi connectivity index (χ3v) is 5.64. The third-order valence-electron chi connectivity index (χ3n) is 5.64. The second-order valence-electron chi connectivity index (χ2n) is 8.08. The van der Waals surface area contributed by atoms with Gasteiger partial charge in [-0.05, 0) is 48.1 Å². The maximum atomic E-state index is 13.5. The number of benzene rings is 2. The van der Waals surface area contributed by atoms with Crippen LogP contribution in [-0.2, 0) is 9.59 Å². The first-order valence-electron chi connectivity index (χ1n) is 10.1. The summed E-state index contributed by atoms with van der Waals surface area (Å²) in [5.74, 6) is 1.11. The highest BCUT2D eigenvalue weighted by Crippen LogP contribution is 2.37. The number of amides is 2. The van der Waals surface area contributed by atoms with Crippen molar-refractivity contribution in [2.24, 2.45) is 11.8 Å². The highest BCUT2D eigenvalue weighted by atomic mass is 16.5. The molecule has 2 unspecified atom stereocenters. The molecule has 2 heterocycles. The largest absolute Gasteiger partial charge is 0.497 e. The number of hydrogen-bond donors (Lipinski definition) is 0. The monoisotopic (exact) mass is 390 g/mol. The van der Waals surface area contributed by atoms with Crippen LogP contribution in [0.3, 0.4) is 0 Å². The number of anilines is 1. The van der Waals surface area contributed by atoms with Gasteiger partial charge in [-0.15, -0.1) is 0 Å². The van der Waals surface area contributed by atoms with Gasteiger partial charge < -0.3 is 9.64 Å². The topological polar surface area (TPSA) is 49.9 Å². The minimum Gasteiger partial charge on any atom is -0.497 e. The molecule has 150 valence electrons. The van der Waals surface area contributed by atoms with Crippen molar-refractivity contribution >= 4 is 23.1 Å². The van der Waals surface area contributed by atoms with E-state index in [4.69, 9.17) is 4.74 Å². The van der Waals surface area contributed by atoms with E-state index in [0.29, 0.717) is 34.5 Å². The van der Waals surface area contributed by atoms with Crippen molar-refractivity contribution in [3.63, 3.8) is 0 Å². The van der Waals surface area contributed by atoms with Crippen LogP contribution in [0.15, 0.2) is 60.3 Å². The summed E-state index contributed by atoms with van der Waals surface area (Å²) < 4.78 is 5.21. The SMILES string of the molecule is COc1ccc(N2C(=O)C(c3ccccc3)=C(N3CC(C)CC(C)C3)C2=O)cc1. The molecule has 2 aliphatic rings. The first-order chi connectivity index (χ1) is 14.0. The van der Waals surface area contributed by atoms with Crippen LogP contribution in [0.4, 0.5) is 5.69 Å². The molecule has 2 aromatic carbocycles. The molecule has 2 aromatic rings. The van der Waals surface area contributed by atoms with Gasteiger partial charge in [0.05, 0.1) is 18.4 Å². The average molecular weight is 390 g/mol. The fourth-order valence-electron chi connectivity index (χ4n) is 4.49. The van der Waals surface area contributed by atoms with Crippen molar-refractivity contribution in [1.29, 1.82) is 0 Å². The number of rotatable bonds is 4. The van der Waals surface area contributed by atoms with Gasteiger partial charge in [-0.1, -0.05) is 44.2 Å². The summed E-state index contributed by atoms with van der Waals surface area (Å²) >= 11 is 0. The smallest absolute Gasteiger partial charge is 0.282 e. The summed E-state index contributed by atoms with van der Waals surface area (Å²) in [6.07, 6.45) is 1.13. The van der Waals surface area contributed by atoms with E-state index in [2.05, 4.69) is 18.7 Å². The van der Waals surface area contributed by atoms with E-state index in [9.17, 15) is 9.59 Å². The van der Waals surface area contributed by atoms with E-state index in [1.165, 1.54) is 4.90 Å². The maximum absolute atomic E-state index is 13.5. The third kappa shape index (κ3) is 3.53. The van der Waals surface area contributed by atoms with Crippen molar-refractivity contribution < 1.29 is 14.3 Å². The molecule has 0 aliphatic carbocycles. The zero-order valence-electron chi connectivity index (χ0n) is 17.1. The Morgan fingerprint density at radius 3 is 2.07 bits per heavy atom. The predicted octanol–water partition coefficient (Wildman–Crippen LogP) is 3.96. The van der Waals surface area contributed by atoms with E-state index in [0.717, 1.165) is 25.1 Å². The molecule has 0 saturated carbocycles. The van der Waals surface area contributed by atoms with Crippen LogP contribution in [0.25, 0.3) is 5.57 Å². The molecule has 0 bridgehead atoms. The van der Waals surface area contributed by atoms with Gasteiger partial charge in [-0.25, -0.2) is 4.90 Å². The Hall–Kier alpha value is -3.08. The molecule has 5 heteroatoms. The molecule has 1 saturated heterocycles. The number of ether oxygens (including phenoxy) is 1. The Morgan fingerprint density at radius 2 is 1.48 bits per heavy atom. The predicted molar refractivity (Wildman–Crippen MR) is 113 cm³/mol. The fourth-order valence-corrected chi connectivity index (χ4v) is 4.49. The summed E-state index contributed by atoms with van der Waals surface area (Å²) in [4.78, 5) is 30.4. The normalized spacial score (nSPS) is 22.4. The first kappa shape index (κ1) is 19.2. The fraction of sp³-hybridized carbons (Fsp3) is 0.333. The van der Waals surface area contributed by atoms with Gasteiger partial charge in [0.15, 0.2) is 0 Å². The molecule has 2 amide bonds. The van der Waals surface area contributed by atoms with E-state index in [-0.39, 0.29) is 11.8 Å². The Balaban J connectivity index is 1.79. The molecule has 0 aromatic heterocycles. The van der Waals surface area contributed by atoms with Crippen LogP contribution in [0.1, 0.15) is 25.8 Å². The summed E-state index contributed by atoms with van der Waals surface area (Å²) in [6.45, 7) is 5.97. The number of imide groups is 1. The maximum Gasteiger partial charge on any atom is 0.282 e. The molecular formula is C24H26N2O3. The number of piperidine rings is 1. The molecule has 2 atom stereocenters. The first-order valence-corrected chi connectivity index (χ1v) is 10.1. The van der Waals surface area contributed by atoms with Crippen LogP contribution in [-0.4, -0.2) is 36.9 Å². The quantitative estimate of drug-likeness (QED) is 0.742. The lowest BCUT2D eigenvalue weighted by molar-refractivity contribution is -0.120. The minimum atomic E-state index is -0.271. The van der Waals surface area contributed by atoms with Crippen molar-refractivity contribution in [2.75, 3.05) is 25.1 Å². The standard InChI is InChI=1S/C24H26N2O3/c1-16-13-17(2)15-25(14-16)22-21(18-7-5-4-6-8-18)23(27)26(24(22)28)19-9-11-20(29-3)12-10-19/h4-12,16-17H,13-15H2,1-3H3. The summed E-state index contributed by atoms with van der Waals surface area (Å²) in [5, 5.41) is 0. The van der Waals surface area contributed by atoms with Crippen molar-refractivity contribution in [3.05, 3.63) is 65.9 Å². The second-order valence-corrected chi connectivity index (χ2v) is 8.08. The number of nitrogens with zero attached hydrogens (tertiary/aromatic N) is 2. The van der Waals surface area contributed by atoms with Gasteiger partial charge in [0.1, 0.15) is 11.4 Å². The summed E-state index contributed by atoms with van der Waals surface area (Å²) in [6, 6.07) is 16.5. The summed E-state index contributed by atoms with van der Waals surface area (Å²) in [5.41, 5.74) is 2.35. The van der Waals surface area contributed by atoms with Crippen molar-refractivity contribution in [3.8, 4) is 5.75 Å². The number of hydrogen-bond acceptors (Lipinski definition) is 4. The van der Waals surface area contributed by atoms with Crippen LogP contribution >= 0.6 is 0 Å². The van der Waals surface area contributed by atoms with E-state index >= 15 is 0 Å². The highest BCUT2D eigenvalue weighted by molar-refractivity contribution is 6.45. The Kier molecular flexibility index (Phi) is 5.14. The Bertz CT molecular complexity index is 940. The average Bonchev–Trinajstić information content (AvgIpc) is 2.98. The lowest BCUT2D eigenvalue weighted by Crippen LogP contribution is -2.42. The zero-order valence-corrected chi connectivity index (χ0v) is 17.1. The zero-order chi connectivity index (χ0) is 20.5. The van der Waals surface area contributed by atoms with Crippen LogP contribution in [0, 0.1) is 11.8 Å². The van der Waals surface area contributed by atoms with Gasteiger partial charge >= 0.3 is 0 Å². The van der Waals surface area contributed by atoms with Gasteiger partial charge in [-0.3, -0.25) is 9.59 Å². The second kappa shape index (κ2) is 7.74. The number of methoxy groups -OCH3 is 1. The molecule has 1 fully saturated rings. The number of carbonyl (C=O) groups excluding carboxylic acids is 2. The van der Waals surface area contributed by atoms with Gasteiger partial charge in [0.25, 0.3) is 11.8 Å². The molecule has 0 N–H and O–H groups in total. The van der Waals surface area contributed by atoms with Gasteiger partial charge in [0.2, 0.25) is 0 Å². The van der Waals surface area contributed by atoms with Crippen LogP contribution < -0.4 is 9.64 Å². The Morgan fingerprint density at radius 1 is 0.862 bits per heavy atom. The van der Waals surface area contributed by atoms with E-state index in [1.807, 2.05) is 30.3 Å².